The van der Waals surface area contributed by atoms with E-state index in [4.69, 9.17) is 0 Å². The lowest BCUT2D eigenvalue weighted by molar-refractivity contribution is 0.0704. The minimum absolute atomic E-state index is 0.0664. The van der Waals surface area contributed by atoms with E-state index in [-0.39, 0.29) is 23.0 Å². The molecule has 1 aromatic heterocycles. The number of imidazole rings is 1. The number of nitrogens with zero attached hydrogens (tertiary/aromatic N) is 3. The summed E-state index contributed by atoms with van der Waals surface area (Å²) in [5, 5.41) is 19.0. The average molecular weight is 259 g/mol. The molecular formula is C13H13N3O3. The molecule has 0 fully saturated rings. The molecular weight excluding hydrogens is 246 g/mol. The number of rotatable bonds is 1. The maximum absolute atomic E-state index is 12.3. The van der Waals surface area contributed by atoms with E-state index in [1.165, 1.54) is 12.1 Å². The number of fused-ring (bicyclic) bond motifs is 1. The van der Waals surface area contributed by atoms with E-state index in [0.717, 1.165) is 11.9 Å². The molecule has 2 N–H and O–H groups in total. The minimum atomic E-state index is -0.258. The van der Waals surface area contributed by atoms with E-state index in [0.29, 0.717) is 19.6 Å². The van der Waals surface area contributed by atoms with Gasteiger partial charge in [0.2, 0.25) is 0 Å². The fraction of sp³-hybridized carbons (Fsp3) is 0.231. The highest BCUT2D eigenvalue weighted by Crippen LogP contribution is 2.25. The molecule has 0 bridgehead atoms. The first-order valence-electron chi connectivity index (χ1n) is 5.96. The maximum atomic E-state index is 12.3. The predicted octanol–water partition coefficient (Wildman–Crippen LogP) is 0.950. The van der Waals surface area contributed by atoms with Crippen LogP contribution in [0.15, 0.2) is 30.6 Å². The van der Waals surface area contributed by atoms with Crippen molar-refractivity contribution in [1.29, 1.82) is 0 Å². The van der Waals surface area contributed by atoms with Crippen molar-refractivity contribution in [1.82, 2.24) is 14.5 Å². The zero-order valence-corrected chi connectivity index (χ0v) is 10.2. The lowest BCUT2D eigenvalue weighted by atomic mass is 10.1. The number of aromatic hydroxyl groups is 2. The van der Waals surface area contributed by atoms with Gasteiger partial charge in [-0.3, -0.25) is 4.79 Å². The Morgan fingerprint density at radius 1 is 1.26 bits per heavy atom. The van der Waals surface area contributed by atoms with Gasteiger partial charge in [-0.2, -0.15) is 0 Å². The predicted molar refractivity (Wildman–Crippen MR) is 66.7 cm³/mol. The van der Waals surface area contributed by atoms with E-state index >= 15 is 0 Å². The zero-order valence-electron chi connectivity index (χ0n) is 10.2. The van der Waals surface area contributed by atoms with Crippen molar-refractivity contribution < 1.29 is 15.0 Å². The number of phenols is 2. The molecule has 6 heteroatoms. The van der Waals surface area contributed by atoms with Gasteiger partial charge >= 0.3 is 0 Å². The molecule has 1 aliphatic rings. The molecule has 1 aromatic carbocycles. The first-order chi connectivity index (χ1) is 9.15. The number of carbonyl (C=O) groups excluding carboxylic acids is 1. The highest BCUT2D eigenvalue weighted by molar-refractivity contribution is 5.97. The summed E-state index contributed by atoms with van der Waals surface area (Å²) in [6, 6.07) is 3.98. The zero-order chi connectivity index (χ0) is 13.4. The maximum Gasteiger partial charge on any atom is 0.258 e. The minimum Gasteiger partial charge on any atom is -0.508 e. The third-order valence-electron chi connectivity index (χ3n) is 3.24. The number of phenolic OH excluding ortho intramolecular Hbond substituents is 2. The van der Waals surface area contributed by atoms with Gasteiger partial charge in [-0.05, 0) is 12.1 Å². The van der Waals surface area contributed by atoms with Crippen LogP contribution in [0.2, 0.25) is 0 Å². The standard InChI is InChI=1S/C13H13N3O3/c17-9-1-2-10(11(18)7-9)13(19)16-6-5-15-4-3-14-12(15)8-16/h1-4,7,17-18H,5-6,8H2. The van der Waals surface area contributed by atoms with Gasteiger partial charge in [-0.15, -0.1) is 0 Å². The van der Waals surface area contributed by atoms with Crippen LogP contribution in [0, 0.1) is 0 Å². The number of amides is 1. The van der Waals surface area contributed by atoms with Crippen LogP contribution in [-0.2, 0) is 13.1 Å². The average Bonchev–Trinajstić information content (AvgIpc) is 2.85. The Balaban J connectivity index is 1.85. The third kappa shape index (κ3) is 2.01. The fourth-order valence-electron chi connectivity index (χ4n) is 2.22. The molecule has 0 aliphatic carbocycles. The first-order valence-corrected chi connectivity index (χ1v) is 5.96. The highest BCUT2D eigenvalue weighted by atomic mass is 16.3. The molecule has 0 atom stereocenters. The van der Waals surface area contributed by atoms with Gasteiger partial charge in [0, 0.05) is 31.5 Å². The molecule has 0 radical (unpaired) electrons. The van der Waals surface area contributed by atoms with Crippen molar-refractivity contribution >= 4 is 5.91 Å². The monoisotopic (exact) mass is 259 g/mol. The summed E-state index contributed by atoms with van der Waals surface area (Å²) >= 11 is 0. The molecule has 1 amide bonds. The summed E-state index contributed by atoms with van der Waals surface area (Å²) in [6.07, 6.45) is 3.59. The summed E-state index contributed by atoms with van der Waals surface area (Å²) in [7, 11) is 0. The molecule has 3 rings (SSSR count). The van der Waals surface area contributed by atoms with Gasteiger partial charge in [0.25, 0.3) is 5.91 Å². The Labute approximate surface area is 109 Å². The molecule has 6 nitrogen and oxygen atoms in total. The summed E-state index contributed by atoms with van der Waals surface area (Å²) in [6.45, 7) is 1.69. The van der Waals surface area contributed by atoms with E-state index in [9.17, 15) is 15.0 Å². The normalized spacial score (nSPS) is 14.2. The van der Waals surface area contributed by atoms with Gasteiger partial charge < -0.3 is 19.7 Å². The smallest absolute Gasteiger partial charge is 0.258 e. The van der Waals surface area contributed by atoms with E-state index < -0.39 is 0 Å². The van der Waals surface area contributed by atoms with Crippen LogP contribution in [0.5, 0.6) is 11.5 Å². The van der Waals surface area contributed by atoms with Gasteiger partial charge in [0.15, 0.2) is 0 Å². The van der Waals surface area contributed by atoms with Gasteiger partial charge in [-0.1, -0.05) is 0 Å². The Morgan fingerprint density at radius 3 is 2.89 bits per heavy atom. The second-order valence-corrected chi connectivity index (χ2v) is 4.47. The van der Waals surface area contributed by atoms with Crippen molar-refractivity contribution in [3.8, 4) is 11.5 Å². The molecule has 2 heterocycles. The summed E-state index contributed by atoms with van der Waals surface area (Å²) in [4.78, 5) is 18.1. The summed E-state index contributed by atoms with van der Waals surface area (Å²) in [5.41, 5.74) is 0.192. The molecule has 0 saturated carbocycles. The second kappa shape index (κ2) is 4.31. The van der Waals surface area contributed by atoms with Crippen LogP contribution >= 0.6 is 0 Å². The number of hydrogen-bond donors (Lipinski definition) is 2. The Bertz CT molecular complexity index is 636. The second-order valence-electron chi connectivity index (χ2n) is 4.47. The third-order valence-corrected chi connectivity index (χ3v) is 3.24. The molecule has 19 heavy (non-hydrogen) atoms. The van der Waals surface area contributed by atoms with Crippen molar-refractivity contribution in [2.75, 3.05) is 6.54 Å². The van der Waals surface area contributed by atoms with Gasteiger partial charge in [0.1, 0.15) is 17.3 Å². The van der Waals surface area contributed by atoms with Crippen molar-refractivity contribution in [3.63, 3.8) is 0 Å². The Morgan fingerprint density at radius 2 is 2.11 bits per heavy atom. The molecule has 98 valence electrons. The van der Waals surface area contributed by atoms with Crippen molar-refractivity contribution in [2.45, 2.75) is 13.1 Å². The first kappa shape index (κ1) is 11.6. The van der Waals surface area contributed by atoms with E-state index in [1.807, 2.05) is 10.8 Å². The number of carbonyl (C=O) groups is 1. The largest absolute Gasteiger partial charge is 0.508 e. The highest BCUT2D eigenvalue weighted by Gasteiger charge is 2.24. The molecule has 2 aromatic rings. The summed E-state index contributed by atoms with van der Waals surface area (Å²) in [5.74, 6) is 0.298. The summed E-state index contributed by atoms with van der Waals surface area (Å²) < 4.78 is 2.00. The van der Waals surface area contributed by atoms with E-state index in [1.54, 1.807) is 11.1 Å². The quantitative estimate of drug-likeness (QED) is 0.799. The van der Waals surface area contributed by atoms with Crippen molar-refractivity contribution in [2.24, 2.45) is 0 Å². The number of hydrogen-bond acceptors (Lipinski definition) is 4. The fourth-order valence-corrected chi connectivity index (χ4v) is 2.22. The Hall–Kier alpha value is -2.50. The van der Waals surface area contributed by atoms with Crippen LogP contribution in [0.1, 0.15) is 16.2 Å². The lowest BCUT2D eigenvalue weighted by Crippen LogP contribution is -2.38. The molecule has 0 spiro atoms. The molecule has 1 aliphatic heterocycles. The van der Waals surface area contributed by atoms with Crippen LogP contribution in [-0.4, -0.2) is 37.1 Å². The van der Waals surface area contributed by atoms with Gasteiger partial charge in [0.05, 0.1) is 12.1 Å². The van der Waals surface area contributed by atoms with Gasteiger partial charge in [-0.25, -0.2) is 4.98 Å². The van der Waals surface area contributed by atoms with Crippen molar-refractivity contribution in [3.05, 3.63) is 42.0 Å². The van der Waals surface area contributed by atoms with Crippen LogP contribution < -0.4 is 0 Å². The number of aromatic nitrogens is 2. The topological polar surface area (TPSA) is 78.6 Å². The van der Waals surface area contributed by atoms with Crippen LogP contribution in [0.25, 0.3) is 0 Å². The van der Waals surface area contributed by atoms with E-state index in [2.05, 4.69) is 4.98 Å². The SMILES string of the molecule is O=C(c1ccc(O)cc1O)N1CCn2ccnc2C1. The van der Waals surface area contributed by atoms with Crippen LogP contribution in [0.4, 0.5) is 0 Å². The molecule has 0 saturated heterocycles. The lowest BCUT2D eigenvalue weighted by Gasteiger charge is -2.27. The number of benzene rings is 1. The van der Waals surface area contributed by atoms with Crippen LogP contribution in [0.3, 0.4) is 0 Å². The molecule has 0 unspecified atom stereocenters. The Kier molecular flexibility index (Phi) is 2.63.